The molecule has 0 saturated carbocycles. The molecule has 0 atom stereocenters. The van der Waals surface area contributed by atoms with Gasteiger partial charge in [-0.1, -0.05) is 0 Å². The molecule has 13 heavy (non-hydrogen) atoms. The lowest BCUT2D eigenvalue weighted by Gasteiger charge is -2.01. The Morgan fingerprint density at radius 1 is 1.46 bits per heavy atom. The number of imidazole rings is 1. The fourth-order valence-electron chi connectivity index (χ4n) is 0.982. The average molecular weight is 242 g/mol. The van der Waals surface area contributed by atoms with Crippen molar-refractivity contribution in [3.05, 3.63) is 41.3 Å². The van der Waals surface area contributed by atoms with Gasteiger partial charge in [-0.15, -0.1) is 0 Å². The first kappa shape index (κ1) is 8.37. The molecule has 0 spiro atoms. The van der Waals surface area contributed by atoms with Crippen LogP contribution in [0, 0.1) is 5.82 Å². The van der Waals surface area contributed by atoms with Gasteiger partial charge in [0.25, 0.3) is 0 Å². The highest BCUT2D eigenvalue weighted by Crippen LogP contribution is 2.14. The molecule has 0 amide bonds. The highest BCUT2D eigenvalue weighted by atomic mass is 79.9. The van der Waals surface area contributed by atoms with Crippen LogP contribution in [0.1, 0.15) is 0 Å². The van der Waals surface area contributed by atoms with Gasteiger partial charge in [0.2, 0.25) is 0 Å². The molecule has 2 aromatic heterocycles. The fraction of sp³-hybridized carbons (Fsp3) is 0. The zero-order valence-corrected chi connectivity index (χ0v) is 8.07. The molecule has 5 heteroatoms. The lowest BCUT2D eigenvalue weighted by molar-refractivity contribution is 0.608. The molecule has 0 aromatic carbocycles. The van der Waals surface area contributed by atoms with Crippen molar-refractivity contribution in [2.24, 2.45) is 0 Å². The van der Waals surface area contributed by atoms with Gasteiger partial charge in [-0.05, 0) is 22.0 Å². The summed E-state index contributed by atoms with van der Waals surface area (Å²) in [5, 5.41) is 0. The van der Waals surface area contributed by atoms with Gasteiger partial charge in [-0.2, -0.15) is 0 Å². The van der Waals surface area contributed by atoms with E-state index in [4.69, 9.17) is 0 Å². The Balaban J connectivity index is 2.53. The number of hydrogen-bond donors (Lipinski definition) is 0. The standard InChI is InChI=1S/C8H5BrFN3/c9-6-3-7(10)8(12-4-6)13-2-1-11-5-13/h1-5H. The quantitative estimate of drug-likeness (QED) is 0.767. The molecule has 0 unspecified atom stereocenters. The Bertz CT molecular complexity index is 413. The summed E-state index contributed by atoms with van der Waals surface area (Å²) >= 11 is 3.13. The number of rotatable bonds is 1. The molecule has 2 aromatic rings. The molecule has 3 nitrogen and oxygen atoms in total. The van der Waals surface area contributed by atoms with Crippen LogP contribution in [0.3, 0.4) is 0 Å². The largest absolute Gasteiger partial charge is 0.288 e. The monoisotopic (exact) mass is 241 g/mol. The molecular formula is C8H5BrFN3. The van der Waals surface area contributed by atoms with Gasteiger partial charge < -0.3 is 0 Å². The maximum Gasteiger partial charge on any atom is 0.174 e. The number of nitrogens with zero attached hydrogens (tertiary/aromatic N) is 3. The SMILES string of the molecule is Fc1cc(Br)cnc1-n1ccnc1. The van der Waals surface area contributed by atoms with Crippen molar-refractivity contribution in [3.63, 3.8) is 0 Å². The molecule has 66 valence electrons. The van der Waals surface area contributed by atoms with Crippen LogP contribution in [-0.4, -0.2) is 14.5 Å². The topological polar surface area (TPSA) is 30.7 Å². The summed E-state index contributed by atoms with van der Waals surface area (Å²) in [5.41, 5.74) is 0. The van der Waals surface area contributed by atoms with Gasteiger partial charge in [0.1, 0.15) is 6.33 Å². The first-order valence-electron chi connectivity index (χ1n) is 3.57. The van der Waals surface area contributed by atoms with E-state index in [1.807, 2.05) is 0 Å². The molecule has 0 saturated heterocycles. The van der Waals surface area contributed by atoms with Crippen molar-refractivity contribution in [2.75, 3.05) is 0 Å². The van der Waals surface area contributed by atoms with Crippen LogP contribution in [0.25, 0.3) is 5.82 Å². The second-order valence-electron chi connectivity index (χ2n) is 2.43. The van der Waals surface area contributed by atoms with E-state index in [2.05, 4.69) is 25.9 Å². The normalized spacial score (nSPS) is 10.3. The van der Waals surface area contributed by atoms with Gasteiger partial charge in [0, 0.05) is 23.1 Å². The minimum Gasteiger partial charge on any atom is -0.288 e. The fourth-order valence-corrected chi connectivity index (χ4v) is 1.29. The van der Waals surface area contributed by atoms with Crippen molar-refractivity contribution >= 4 is 15.9 Å². The third-order valence-electron chi connectivity index (χ3n) is 1.54. The maximum absolute atomic E-state index is 13.3. The van der Waals surface area contributed by atoms with E-state index >= 15 is 0 Å². The Labute approximate surface area is 82.4 Å². The molecule has 0 aliphatic carbocycles. The summed E-state index contributed by atoms with van der Waals surface area (Å²) in [6.07, 6.45) is 6.25. The van der Waals surface area contributed by atoms with Crippen molar-refractivity contribution in [1.29, 1.82) is 0 Å². The summed E-state index contributed by atoms with van der Waals surface area (Å²) in [6.45, 7) is 0. The van der Waals surface area contributed by atoms with E-state index in [1.165, 1.54) is 17.0 Å². The smallest absolute Gasteiger partial charge is 0.174 e. The summed E-state index contributed by atoms with van der Waals surface area (Å²) < 4.78 is 15.4. The second-order valence-corrected chi connectivity index (χ2v) is 3.34. The van der Waals surface area contributed by atoms with Gasteiger partial charge in [0.05, 0.1) is 0 Å². The third kappa shape index (κ3) is 1.60. The van der Waals surface area contributed by atoms with Gasteiger partial charge in [-0.3, -0.25) is 4.57 Å². The maximum atomic E-state index is 13.3. The zero-order valence-electron chi connectivity index (χ0n) is 6.48. The van der Waals surface area contributed by atoms with Gasteiger partial charge in [-0.25, -0.2) is 14.4 Å². The first-order valence-corrected chi connectivity index (χ1v) is 4.36. The molecule has 0 aliphatic heterocycles. The van der Waals surface area contributed by atoms with Crippen molar-refractivity contribution in [3.8, 4) is 5.82 Å². The summed E-state index contributed by atoms with van der Waals surface area (Å²) in [4.78, 5) is 7.73. The minimum atomic E-state index is -0.382. The molecule has 0 bridgehead atoms. The lowest BCUT2D eigenvalue weighted by atomic mass is 10.4. The van der Waals surface area contributed by atoms with Crippen molar-refractivity contribution in [2.45, 2.75) is 0 Å². The Morgan fingerprint density at radius 2 is 2.31 bits per heavy atom. The Hall–Kier alpha value is -1.23. The molecule has 0 aliphatic rings. The number of halogens is 2. The zero-order chi connectivity index (χ0) is 9.26. The highest BCUT2D eigenvalue weighted by molar-refractivity contribution is 9.10. The van der Waals surface area contributed by atoms with E-state index in [0.717, 1.165) is 0 Å². The number of hydrogen-bond acceptors (Lipinski definition) is 2. The van der Waals surface area contributed by atoms with Gasteiger partial charge in [0.15, 0.2) is 11.6 Å². The lowest BCUT2D eigenvalue weighted by Crippen LogP contribution is -1.97. The van der Waals surface area contributed by atoms with Crippen molar-refractivity contribution in [1.82, 2.24) is 14.5 Å². The Kier molecular flexibility index (Phi) is 2.10. The molecule has 2 rings (SSSR count). The number of aromatic nitrogens is 3. The third-order valence-corrected chi connectivity index (χ3v) is 1.97. The highest BCUT2D eigenvalue weighted by Gasteiger charge is 2.05. The molecular weight excluding hydrogens is 237 g/mol. The second kappa shape index (κ2) is 3.26. The molecule has 0 N–H and O–H groups in total. The van der Waals surface area contributed by atoms with E-state index in [-0.39, 0.29) is 11.6 Å². The minimum absolute atomic E-state index is 0.251. The van der Waals surface area contributed by atoms with E-state index in [0.29, 0.717) is 4.47 Å². The van der Waals surface area contributed by atoms with E-state index in [9.17, 15) is 4.39 Å². The predicted octanol–water partition coefficient (Wildman–Crippen LogP) is 2.17. The summed E-state index contributed by atoms with van der Waals surface area (Å²) in [7, 11) is 0. The average Bonchev–Trinajstić information content (AvgIpc) is 2.56. The van der Waals surface area contributed by atoms with Crippen molar-refractivity contribution < 1.29 is 4.39 Å². The Morgan fingerprint density at radius 3 is 2.92 bits per heavy atom. The van der Waals surface area contributed by atoms with Crippen LogP contribution in [-0.2, 0) is 0 Å². The van der Waals surface area contributed by atoms with Crippen LogP contribution in [0.15, 0.2) is 35.5 Å². The summed E-state index contributed by atoms with van der Waals surface area (Å²) in [6, 6.07) is 1.36. The van der Waals surface area contributed by atoms with Crippen LogP contribution in [0.5, 0.6) is 0 Å². The summed E-state index contributed by atoms with van der Waals surface area (Å²) in [5.74, 6) is -0.131. The van der Waals surface area contributed by atoms with Crippen LogP contribution >= 0.6 is 15.9 Å². The van der Waals surface area contributed by atoms with Crippen LogP contribution < -0.4 is 0 Å². The molecule has 0 radical (unpaired) electrons. The van der Waals surface area contributed by atoms with E-state index in [1.54, 1.807) is 18.6 Å². The molecule has 0 fully saturated rings. The number of pyridine rings is 1. The van der Waals surface area contributed by atoms with E-state index < -0.39 is 0 Å². The van der Waals surface area contributed by atoms with Crippen LogP contribution in [0.4, 0.5) is 4.39 Å². The first-order chi connectivity index (χ1) is 6.27. The molecule has 2 heterocycles. The predicted molar refractivity (Wildman–Crippen MR) is 49.0 cm³/mol. The van der Waals surface area contributed by atoms with Crippen LogP contribution in [0.2, 0.25) is 0 Å². The van der Waals surface area contributed by atoms with Gasteiger partial charge >= 0.3 is 0 Å².